The molecule has 2 heterocycles. The zero-order valence-corrected chi connectivity index (χ0v) is 9.99. The highest BCUT2D eigenvalue weighted by Crippen LogP contribution is 2.29. The Labute approximate surface area is 98.5 Å². The van der Waals surface area contributed by atoms with Gasteiger partial charge >= 0.3 is 0 Å². The van der Waals surface area contributed by atoms with Gasteiger partial charge in [-0.2, -0.15) is 0 Å². The van der Waals surface area contributed by atoms with E-state index in [0.717, 1.165) is 21.2 Å². The quantitative estimate of drug-likeness (QED) is 0.887. The summed E-state index contributed by atoms with van der Waals surface area (Å²) in [6.45, 7) is 3.65. The standard InChI is InChI=1S/C12H13NO2S/c1-8(14)10-3-4-12(13-7-10)16-11-5-6-15-9(11)2/h3-8,14H,1-2H3. The highest BCUT2D eigenvalue weighted by molar-refractivity contribution is 7.99. The van der Waals surface area contributed by atoms with Crippen LogP contribution in [0.1, 0.15) is 24.4 Å². The molecular weight excluding hydrogens is 222 g/mol. The Bertz CT molecular complexity index is 462. The number of furan rings is 1. The fraction of sp³-hybridized carbons (Fsp3) is 0.250. The zero-order chi connectivity index (χ0) is 11.5. The minimum absolute atomic E-state index is 0.470. The molecule has 0 fully saturated rings. The number of aryl methyl sites for hydroxylation is 1. The molecule has 4 heteroatoms. The summed E-state index contributed by atoms with van der Waals surface area (Å²) in [4.78, 5) is 5.34. The third kappa shape index (κ3) is 2.46. The van der Waals surface area contributed by atoms with Crippen LogP contribution in [0, 0.1) is 6.92 Å². The molecule has 2 rings (SSSR count). The smallest absolute Gasteiger partial charge is 0.114 e. The molecule has 3 nitrogen and oxygen atoms in total. The number of pyridine rings is 1. The van der Waals surface area contributed by atoms with E-state index in [9.17, 15) is 5.11 Å². The predicted octanol–water partition coefficient (Wildman–Crippen LogP) is 3.19. The van der Waals surface area contributed by atoms with Crippen LogP contribution in [0.25, 0.3) is 0 Å². The Balaban J connectivity index is 2.14. The van der Waals surface area contributed by atoms with Crippen molar-refractivity contribution >= 4 is 11.8 Å². The molecule has 0 saturated carbocycles. The molecule has 0 amide bonds. The van der Waals surface area contributed by atoms with E-state index in [4.69, 9.17) is 4.42 Å². The second-order valence-corrected chi connectivity index (χ2v) is 4.61. The van der Waals surface area contributed by atoms with E-state index in [1.54, 1.807) is 31.1 Å². The number of aliphatic hydroxyl groups is 1. The summed E-state index contributed by atoms with van der Waals surface area (Å²) in [6, 6.07) is 5.71. The van der Waals surface area contributed by atoms with Gasteiger partial charge in [0.15, 0.2) is 0 Å². The van der Waals surface area contributed by atoms with Crippen molar-refractivity contribution in [3.05, 3.63) is 42.0 Å². The maximum absolute atomic E-state index is 9.35. The van der Waals surface area contributed by atoms with E-state index in [0.29, 0.717) is 0 Å². The molecule has 1 unspecified atom stereocenters. The van der Waals surface area contributed by atoms with Crippen molar-refractivity contribution in [2.75, 3.05) is 0 Å². The van der Waals surface area contributed by atoms with Crippen LogP contribution in [0.3, 0.4) is 0 Å². The molecule has 0 radical (unpaired) electrons. The van der Waals surface area contributed by atoms with Gasteiger partial charge in [0.1, 0.15) is 10.8 Å². The fourth-order valence-corrected chi connectivity index (χ4v) is 2.07. The highest BCUT2D eigenvalue weighted by Gasteiger charge is 2.06. The molecule has 84 valence electrons. The van der Waals surface area contributed by atoms with Crippen LogP contribution in [0.4, 0.5) is 0 Å². The average Bonchev–Trinajstić information content (AvgIpc) is 2.65. The molecule has 0 saturated heterocycles. The minimum Gasteiger partial charge on any atom is -0.468 e. The Morgan fingerprint density at radius 2 is 2.19 bits per heavy atom. The highest BCUT2D eigenvalue weighted by atomic mass is 32.2. The topological polar surface area (TPSA) is 46.3 Å². The molecule has 2 aromatic heterocycles. The number of aliphatic hydroxyl groups excluding tert-OH is 1. The first-order valence-corrected chi connectivity index (χ1v) is 5.84. The van der Waals surface area contributed by atoms with E-state index in [2.05, 4.69) is 4.98 Å². The predicted molar refractivity (Wildman–Crippen MR) is 62.4 cm³/mol. The Hall–Kier alpha value is -1.26. The lowest BCUT2D eigenvalue weighted by Crippen LogP contribution is -1.92. The van der Waals surface area contributed by atoms with E-state index in [-0.39, 0.29) is 0 Å². The van der Waals surface area contributed by atoms with Crippen molar-refractivity contribution in [1.29, 1.82) is 0 Å². The van der Waals surface area contributed by atoms with Gasteiger partial charge in [-0.15, -0.1) is 0 Å². The Kier molecular flexibility index (Phi) is 3.31. The second-order valence-electron chi connectivity index (χ2n) is 3.55. The number of hydrogen-bond donors (Lipinski definition) is 1. The van der Waals surface area contributed by atoms with Gasteiger partial charge in [-0.05, 0) is 31.5 Å². The van der Waals surface area contributed by atoms with Crippen LogP contribution in [0.5, 0.6) is 0 Å². The lowest BCUT2D eigenvalue weighted by molar-refractivity contribution is 0.198. The third-order valence-electron chi connectivity index (χ3n) is 2.27. The summed E-state index contributed by atoms with van der Waals surface area (Å²) in [6.07, 6.45) is 2.90. The van der Waals surface area contributed by atoms with Crippen molar-refractivity contribution in [1.82, 2.24) is 4.98 Å². The molecule has 1 atom stereocenters. The van der Waals surface area contributed by atoms with Gasteiger partial charge < -0.3 is 9.52 Å². The lowest BCUT2D eigenvalue weighted by Gasteiger charge is -2.04. The first kappa shape index (κ1) is 11.2. The van der Waals surface area contributed by atoms with Crippen LogP contribution in [0.2, 0.25) is 0 Å². The van der Waals surface area contributed by atoms with Gasteiger partial charge in [-0.3, -0.25) is 0 Å². The summed E-state index contributed by atoms with van der Waals surface area (Å²) in [7, 11) is 0. The maximum atomic E-state index is 9.35. The van der Waals surface area contributed by atoms with Gasteiger partial charge in [-0.1, -0.05) is 17.8 Å². The summed E-state index contributed by atoms with van der Waals surface area (Å²) in [5.41, 5.74) is 0.827. The third-order valence-corrected chi connectivity index (χ3v) is 3.36. The summed E-state index contributed by atoms with van der Waals surface area (Å²) >= 11 is 1.55. The molecule has 16 heavy (non-hydrogen) atoms. The first-order chi connectivity index (χ1) is 7.66. The first-order valence-electron chi connectivity index (χ1n) is 5.03. The van der Waals surface area contributed by atoms with Crippen molar-refractivity contribution in [2.24, 2.45) is 0 Å². The number of aromatic nitrogens is 1. The molecular formula is C12H13NO2S. The van der Waals surface area contributed by atoms with Crippen molar-refractivity contribution in [3.8, 4) is 0 Å². The molecule has 2 aromatic rings. The normalized spacial score (nSPS) is 12.7. The van der Waals surface area contributed by atoms with Crippen LogP contribution in [-0.2, 0) is 0 Å². The van der Waals surface area contributed by atoms with Gasteiger partial charge in [0.25, 0.3) is 0 Å². The van der Waals surface area contributed by atoms with Crippen molar-refractivity contribution < 1.29 is 9.52 Å². The van der Waals surface area contributed by atoms with Crippen molar-refractivity contribution in [2.45, 2.75) is 29.9 Å². The molecule has 0 aliphatic rings. The summed E-state index contributed by atoms with van der Waals surface area (Å²) in [5.74, 6) is 0.895. The summed E-state index contributed by atoms with van der Waals surface area (Å²) < 4.78 is 5.21. The van der Waals surface area contributed by atoms with Crippen LogP contribution < -0.4 is 0 Å². The molecule has 0 aliphatic heterocycles. The number of nitrogens with zero attached hydrogens (tertiary/aromatic N) is 1. The van der Waals surface area contributed by atoms with E-state index < -0.39 is 6.10 Å². The SMILES string of the molecule is Cc1occc1Sc1ccc(C(C)O)cn1. The van der Waals surface area contributed by atoms with Gasteiger partial charge in [-0.25, -0.2) is 4.98 Å². The lowest BCUT2D eigenvalue weighted by atomic mass is 10.2. The molecule has 0 bridgehead atoms. The van der Waals surface area contributed by atoms with Crippen LogP contribution >= 0.6 is 11.8 Å². The van der Waals surface area contributed by atoms with Gasteiger partial charge in [0.05, 0.1) is 17.3 Å². The summed E-state index contributed by atoms with van der Waals surface area (Å²) in [5, 5.41) is 10.3. The molecule has 1 N–H and O–H groups in total. The van der Waals surface area contributed by atoms with E-state index in [1.165, 1.54) is 0 Å². The van der Waals surface area contributed by atoms with Crippen LogP contribution in [-0.4, -0.2) is 10.1 Å². The zero-order valence-electron chi connectivity index (χ0n) is 9.18. The van der Waals surface area contributed by atoms with Crippen molar-refractivity contribution in [3.63, 3.8) is 0 Å². The second kappa shape index (κ2) is 4.72. The maximum Gasteiger partial charge on any atom is 0.114 e. The number of hydrogen-bond acceptors (Lipinski definition) is 4. The van der Waals surface area contributed by atoms with Crippen LogP contribution in [0.15, 0.2) is 45.0 Å². The fourth-order valence-electron chi connectivity index (χ4n) is 1.29. The van der Waals surface area contributed by atoms with E-state index >= 15 is 0 Å². The molecule has 0 spiro atoms. The minimum atomic E-state index is -0.470. The van der Waals surface area contributed by atoms with Gasteiger partial charge in [0.2, 0.25) is 0 Å². The Morgan fingerprint density at radius 1 is 1.38 bits per heavy atom. The average molecular weight is 235 g/mol. The molecule has 0 aromatic carbocycles. The Morgan fingerprint density at radius 3 is 2.69 bits per heavy atom. The monoisotopic (exact) mass is 235 g/mol. The largest absolute Gasteiger partial charge is 0.468 e. The van der Waals surface area contributed by atoms with Gasteiger partial charge in [0, 0.05) is 6.20 Å². The number of rotatable bonds is 3. The van der Waals surface area contributed by atoms with E-state index in [1.807, 2.05) is 25.1 Å². The molecule has 0 aliphatic carbocycles.